The molecule has 0 saturated heterocycles. The van der Waals surface area contributed by atoms with Crippen molar-refractivity contribution in [1.29, 1.82) is 0 Å². The highest BCUT2D eigenvalue weighted by Crippen LogP contribution is 2.50. The number of nitrogens with two attached hydrogens (primary N) is 1. The minimum absolute atomic E-state index is 0.0804. The predicted octanol–water partition coefficient (Wildman–Crippen LogP) is 3.75. The molecule has 0 aromatic heterocycles. The van der Waals surface area contributed by atoms with Crippen LogP contribution in [-0.2, 0) is 11.6 Å². The van der Waals surface area contributed by atoms with Gasteiger partial charge < -0.3 is 10.5 Å². The van der Waals surface area contributed by atoms with Crippen molar-refractivity contribution in [2.45, 2.75) is 30.9 Å². The maximum Gasteiger partial charge on any atom is 0.416 e. The lowest BCUT2D eigenvalue weighted by molar-refractivity contribution is -0.137. The van der Waals surface area contributed by atoms with Crippen molar-refractivity contribution in [1.82, 2.24) is 0 Å². The number of alkyl halides is 3. The molecule has 1 fully saturated rings. The smallest absolute Gasteiger partial charge is 0.416 e. The zero-order valence-electron chi connectivity index (χ0n) is 10.5. The third-order valence-electron chi connectivity index (χ3n) is 3.83. The first-order chi connectivity index (χ1) is 8.84. The Labute approximate surface area is 114 Å². The lowest BCUT2D eigenvalue weighted by atomic mass is 9.64. The van der Waals surface area contributed by atoms with Crippen LogP contribution in [0.15, 0.2) is 12.1 Å². The van der Waals surface area contributed by atoms with Gasteiger partial charge in [-0.2, -0.15) is 13.2 Å². The normalized spacial score (nSPS) is 18.0. The lowest BCUT2D eigenvalue weighted by Gasteiger charge is -2.42. The van der Waals surface area contributed by atoms with Gasteiger partial charge in [0, 0.05) is 22.5 Å². The average Bonchev–Trinajstić information content (AvgIpc) is 2.28. The molecule has 0 bridgehead atoms. The molecule has 2 N–H and O–H groups in total. The number of hydrogen-bond donors (Lipinski definition) is 1. The van der Waals surface area contributed by atoms with E-state index in [4.69, 9.17) is 22.1 Å². The third-order valence-corrected chi connectivity index (χ3v) is 4.13. The molecule has 2 rings (SSSR count). The van der Waals surface area contributed by atoms with Crippen LogP contribution in [0.5, 0.6) is 5.75 Å². The van der Waals surface area contributed by atoms with E-state index in [9.17, 15) is 13.2 Å². The second kappa shape index (κ2) is 4.87. The molecule has 0 radical (unpaired) electrons. The summed E-state index contributed by atoms with van der Waals surface area (Å²) < 4.78 is 43.4. The molecular weight excluding hydrogens is 279 g/mol. The van der Waals surface area contributed by atoms with Crippen molar-refractivity contribution < 1.29 is 17.9 Å². The van der Waals surface area contributed by atoms with Crippen molar-refractivity contribution in [2.24, 2.45) is 5.73 Å². The fraction of sp³-hybridized carbons (Fsp3) is 0.538. The van der Waals surface area contributed by atoms with E-state index in [0.717, 1.165) is 31.4 Å². The van der Waals surface area contributed by atoms with Crippen LogP contribution in [-0.4, -0.2) is 13.7 Å². The van der Waals surface area contributed by atoms with Gasteiger partial charge in [0.2, 0.25) is 0 Å². The minimum Gasteiger partial charge on any atom is -0.496 e. The van der Waals surface area contributed by atoms with Crippen molar-refractivity contribution in [3.8, 4) is 5.75 Å². The van der Waals surface area contributed by atoms with Crippen LogP contribution < -0.4 is 10.5 Å². The molecule has 1 aromatic rings. The van der Waals surface area contributed by atoms with Crippen molar-refractivity contribution in [2.75, 3.05) is 13.7 Å². The molecule has 2 nitrogen and oxygen atoms in total. The molecule has 6 heteroatoms. The Morgan fingerprint density at radius 1 is 1.37 bits per heavy atom. The van der Waals surface area contributed by atoms with E-state index < -0.39 is 11.7 Å². The number of benzene rings is 1. The van der Waals surface area contributed by atoms with Crippen molar-refractivity contribution in [3.63, 3.8) is 0 Å². The summed E-state index contributed by atoms with van der Waals surface area (Å²) in [6.07, 6.45) is -1.79. The van der Waals surface area contributed by atoms with Gasteiger partial charge in [-0.15, -0.1) is 0 Å². The Morgan fingerprint density at radius 2 is 2.00 bits per heavy atom. The van der Waals surface area contributed by atoms with Gasteiger partial charge in [0.15, 0.2) is 0 Å². The van der Waals surface area contributed by atoms with Crippen LogP contribution >= 0.6 is 11.6 Å². The molecule has 1 aliphatic rings. The summed E-state index contributed by atoms with van der Waals surface area (Å²) in [5.74, 6) is 0.171. The molecule has 0 aliphatic heterocycles. The quantitative estimate of drug-likeness (QED) is 0.921. The summed E-state index contributed by atoms with van der Waals surface area (Å²) in [6, 6.07) is 1.95. The topological polar surface area (TPSA) is 35.2 Å². The molecule has 0 unspecified atom stereocenters. The second-order valence-electron chi connectivity index (χ2n) is 4.87. The van der Waals surface area contributed by atoms with Crippen molar-refractivity contribution in [3.05, 3.63) is 28.3 Å². The summed E-state index contributed by atoms with van der Waals surface area (Å²) in [6.45, 7) is 0.356. The van der Waals surface area contributed by atoms with Gasteiger partial charge in [-0.1, -0.05) is 18.0 Å². The van der Waals surface area contributed by atoms with E-state index in [2.05, 4.69) is 0 Å². The van der Waals surface area contributed by atoms with E-state index in [1.165, 1.54) is 7.11 Å². The van der Waals surface area contributed by atoms with Crippen molar-refractivity contribution >= 4 is 11.6 Å². The van der Waals surface area contributed by atoms with Gasteiger partial charge in [-0.25, -0.2) is 0 Å². The average molecular weight is 294 g/mol. The zero-order chi connectivity index (χ0) is 14.3. The Kier molecular flexibility index (Phi) is 3.71. The van der Waals surface area contributed by atoms with E-state index in [1.807, 2.05) is 0 Å². The Bertz CT molecular complexity index is 478. The number of halogens is 4. The maximum absolute atomic E-state index is 12.8. The maximum atomic E-state index is 12.8. The Hall–Kier alpha value is -0.940. The van der Waals surface area contributed by atoms with Crippen LogP contribution in [0.4, 0.5) is 13.2 Å². The molecule has 1 saturated carbocycles. The highest BCUT2D eigenvalue weighted by molar-refractivity contribution is 6.31. The van der Waals surface area contributed by atoms with Crippen LogP contribution in [0.1, 0.15) is 30.4 Å². The fourth-order valence-electron chi connectivity index (χ4n) is 2.58. The minimum atomic E-state index is -4.44. The van der Waals surface area contributed by atoms with Gasteiger partial charge >= 0.3 is 6.18 Å². The lowest BCUT2D eigenvalue weighted by Crippen LogP contribution is -2.42. The second-order valence-corrected chi connectivity index (χ2v) is 5.28. The van der Waals surface area contributed by atoms with E-state index in [1.54, 1.807) is 0 Å². The Balaban J connectivity index is 2.56. The Morgan fingerprint density at radius 3 is 2.37 bits per heavy atom. The van der Waals surface area contributed by atoms with Gasteiger partial charge in [0.05, 0.1) is 12.7 Å². The highest BCUT2D eigenvalue weighted by Gasteiger charge is 2.42. The molecule has 1 aliphatic carbocycles. The third kappa shape index (κ3) is 2.41. The summed E-state index contributed by atoms with van der Waals surface area (Å²) >= 11 is 6.06. The first-order valence-electron chi connectivity index (χ1n) is 5.99. The van der Waals surface area contributed by atoms with Gasteiger partial charge in [-0.05, 0) is 25.0 Å². The van der Waals surface area contributed by atoms with E-state index >= 15 is 0 Å². The summed E-state index contributed by atoms with van der Waals surface area (Å²) in [5, 5.41) is 0.0804. The number of ether oxygens (including phenoxy) is 1. The summed E-state index contributed by atoms with van der Waals surface area (Å²) in [4.78, 5) is 0. The first-order valence-corrected chi connectivity index (χ1v) is 6.37. The molecule has 0 heterocycles. The standard InChI is InChI=1S/C13H15ClF3NO/c1-19-10-6-8(13(15,16)17)5-9(14)11(10)12(7-18)3-2-4-12/h5-6H,2-4,7,18H2,1H3. The largest absolute Gasteiger partial charge is 0.496 e. The van der Waals surface area contributed by atoms with E-state index in [-0.39, 0.29) is 16.2 Å². The highest BCUT2D eigenvalue weighted by atomic mass is 35.5. The van der Waals surface area contributed by atoms with Gasteiger partial charge in [0.25, 0.3) is 0 Å². The summed E-state index contributed by atoms with van der Waals surface area (Å²) in [5.41, 5.74) is 5.25. The number of rotatable bonds is 3. The van der Waals surface area contributed by atoms with Gasteiger partial charge in [0.1, 0.15) is 5.75 Å². The molecule has 19 heavy (non-hydrogen) atoms. The van der Waals surface area contributed by atoms with Crippen LogP contribution in [0.2, 0.25) is 5.02 Å². The van der Waals surface area contributed by atoms with Gasteiger partial charge in [-0.3, -0.25) is 0 Å². The summed E-state index contributed by atoms with van der Waals surface area (Å²) in [7, 11) is 1.35. The molecular formula is C13H15ClF3NO. The molecule has 0 atom stereocenters. The van der Waals surface area contributed by atoms with Crippen LogP contribution in [0.25, 0.3) is 0 Å². The molecule has 106 valence electrons. The van der Waals surface area contributed by atoms with Crippen LogP contribution in [0.3, 0.4) is 0 Å². The SMILES string of the molecule is COc1cc(C(F)(F)F)cc(Cl)c1C1(CN)CCC1. The van der Waals surface area contributed by atoms with E-state index in [0.29, 0.717) is 12.1 Å². The zero-order valence-corrected chi connectivity index (χ0v) is 11.2. The molecule has 0 amide bonds. The molecule has 1 aromatic carbocycles. The number of methoxy groups -OCH3 is 1. The first kappa shape index (κ1) is 14.5. The molecule has 0 spiro atoms. The van der Waals surface area contributed by atoms with Crippen LogP contribution in [0, 0.1) is 0 Å². The monoisotopic (exact) mass is 293 g/mol. The predicted molar refractivity (Wildman–Crippen MR) is 67.6 cm³/mol. The number of hydrogen-bond acceptors (Lipinski definition) is 2. The fourth-order valence-corrected chi connectivity index (χ4v) is 2.99.